The number of halogens is 1. The van der Waals surface area contributed by atoms with Gasteiger partial charge in [-0.3, -0.25) is 0 Å². The summed E-state index contributed by atoms with van der Waals surface area (Å²) in [6.07, 6.45) is 2.17. The van der Waals surface area contributed by atoms with E-state index in [1.165, 1.54) is 6.07 Å². The topological polar surface area (TPSA) is 29.3 Å². The maximum atomic E-state index is 13.3. The molecule has 100 valence electrons. The highest BCUT2D eigenvalue weighted by molar-refractivity contribution is 5.47. The maximum absolute atomic E-state index is 13.3. The Balaban J connectivity index is 2.13. The molecule has 1 unspecified atom stereocenters. The molecule has 1 saturated heterocycles. The first kappa shape index (κ1) is 13.3. The molecule has 1 fully saturated rings. The van der Waals surface area contributed by atoms with Crippen molar-refractivity contribution in [3.05, 3.63) is 30.1 Å². The molecule has 1 atom stereocenters. The summed E-state index contributed by atoms with van der Waals surface area (Å²) in [7, 11) is 0. The molecule has 18 heavy (non-hydrogen) atoms. The molecule has 1 aliphatic rings. The van der Waals surface area contributed by atoms with Crippen LogP contribution in [0.1, 0.15) is 26.7 Å². The Kier molecular flexibility index (Phi) is 3.91. The summed E-state index contributed by atoms with van der Waals surface area (Å²) in [5, 5.41) is 0. The molecule has 0 saturated carbocycles. The molecule has 1 heterocycles. The van der Waals surface area contributed by atoms with Gasteiger partial charge in [-0.1, -0.05) is 19.9 Å². The van der Waals surface area contributed by atoms with Crippen LogP contribution in [0.3, 0.4) is 0 Å². The summed E-state index contributed by atoms with van der Waals surface area (Å²) in [4.78, 5) is 2.29. The number of nitrogens with two attached hydrogens (primary N) is 1. The molecule has 0 radical (unpaired) electrons. The van der Waals surface area contributed by atoms with Crippen LogP contribution in [0, 0.1) is 17.2 Å². The van der Waals surface area contributed by atoms with E-state index in [4.69, 9.17) is 5.73 Å². The van der Waals surface area contributed by atoms with Gasteiger partial charge in [0.15, 0.2) is 0 Å². The Bertz CT molecular complexity index is 403. The van der Waals surface area contributed by atoms with Gasteiger partial charge < -0.3 is 10.6 Å². The van der Waals surface area contributed by atoms with Gasteiger partial charge in [0.2, 0.25) is 0 Å². The molecule has 1 aromatic rings. The SMILES string of the molecule is CC1(C)CCN(c2cccc(F)c2)CC1CCN. The lowest BCUT2D eigenvalue weighted by atomic mass is 9.72. The van der Waals surface area contributed by atoms with Crippen LogP contribution in [0.15, 0.2) is 24.3 Å². The Morgan fingerprint density at radius 1 is 1.44 bits per heavy atom. The molecular weight excluding hydrogens is 227 g/mol. The van der Waals surface area contributed by atoms with Gasteiger partial charge in [-0.15, -0.1) is 0 Å². The van der Waals surface area contributed by atoms with Crippen molar-refractivity contribution in [1.29, 1.82) is 0 Å². The molecule has 0 spiro atoms. The number of anilines is 1. The van der Waals surface area contributed by atoms with Crippen molar-refractivity contribution in [1.82, 2.24) is 0 Å². The molecule has 2 nitrogen and oxygen atoms in total. The highest BCUT2D eigenvalue weighted by Gasteiger charge is 2.34. The van der Waals surface area contributed by atoms with Crippen LogP contribution in [0.2, 0.25) is 0 Å². The Morgan fingerprint density at radius 2 is 2.22 bits per heavy atom. The zero-order valence-electron chi connectivity index (χ0n) is 11.3. The highest BCUT2D eigenvalue weighted by Crippen LogP contribution is 2.38. The average Bonchev–Trinajstić information content (AvgIpc) is 2.32. The third kappa shape index (κ3) is 2.83. The van der Waals surface area contributed by atoms with E-state index in [0.717, 1.165) is 38.2 Å². The third-order valence-electron chi connectivity index (χ3n) is 4.26. The normalized spacial score (nSPS) is 23.1. The number of rotatable bonds is 3. The van der Waals surface area contributed by atoms with Gasteiger partial charge in [0.1, 0.15) is 5.82 Å². The van der Waals surface area contributed by atoms with E-state index in [1.807, 2.05) is 6.07 Å². The Morgan fingerprint density at radius 3 is 2.89 bits per heavy atom. The molecule has 3 heteroatoms. The summed E-state index contributed by atoms with van der Waals surface area (Å²) in [5.41, 5.74) is 7.04. The minimum atomic E-state index is -0.160. The minimum absolute atomic E-state index is 0.160. The first-order valence-electron chi connectivity index (χ1n) is 6.73. The molecule has 0 bridgehead atoms. The molecule has 1 aliphatic heterocycles. The van der Waals surface area contributed by atoms with Crippen LogP contribution in [-0.2, 0) is 0 Å². The van der Waals surface area contributed by atoms with Crippen molar-refractivity contribution in [2.75, 3.05) is 24.5 Å². The van der Waals surface area contributed by atoms with Crippen LogP contribution in [0.4, 0.5) is 10.1 Å². The number of piperidine rings is 1. The molecule has 0 aliphatic carbocycles. The zero-order valence-corrected chi connectivity index (χ0v) is 11.3. The predicted molar refractivity (Wildman–Crippen MR) is 74.2 cm³/mol. The number of benzene rings is 1. The quantitative estimate of drug-likeness (QED) is 0.893. The summed E-state index contributed by atoms with van der Waals surface area (Å²) >= 11 is 0. The lowest BCUT2D eigenvalue weighted by molar-refractivity contribution is 0.163. The smallest absolute Gasteiger partial charge is 0.125 e. The van der Waals surface area contributed by atoms with Crippen LogP contribution >= 0.6 is 0 Å². The van der Waals surface area contributed by atoms with Gasteiger partial charge in [-0.2, -0.15) is 0 Å². The van der Waals surface area contributed by atoms with Crippen molar-refractivity contribution in [2.24, 2.45) is 17.1 Å². The number of hydrogen-bond acceptors (Lipinski definition) is 2. The second-order valence-corrected chi connectivity index (χ2v) is 5.94. The largest absolute Gasteiger partial charge is 0.371 e. The van der Waals surface area contributed by atoms with Gasteiger partial charge in [0, 0.05) is 18.8 Å². The van der Waals surface area contributed by atoms with Crippen LogP contribution in [-0.4, -0.2) is 19.6 Å². The fourth-order valence-corrected chi connectivity index (χ4v) is 2.82. The van der Waals surface area contributed by atoms with Crippen LogP contribution in [0.25, 0.3) is 0 Å². The standard InChI is InChI=1S/C15H23FN2/c1-15(2)7-9-18(11-12(15)6-8-17)14-5-3-4-13(16)10-14/h3-5,10,12H,6-9,11,17H2,1-2H3. The van der Waals surface area contributed by atoms with Crippen molar-refractivity contribution < 1.29 is 4.39 Å². The van der Waals surface area contributed by atoms with E-state index in [0.29, 0.717) is 11.3 Å². The van der Waals surface area contributed by atoms with Crippen LogP contribution in [0.5, 0.6) is 0 Å². The van der Waals surface area contributed by atoms with E-state index >= 15 is 0 Å². The van der Waals surface area contributed by atoms with Gasteiger partial charge in [-0.25, -0.2) is 4.39 Å². The zero-order chi connectivity index (χ0) is 13.2. The van der Waals surface area contributed by atoms with E-state index in [1.54, 1.807) is 12.1 Å². The van der Waals surface area contributed by atoms with E-state index in [-0.39, 0.29) is 5.82 Å². The second kappa shape index (κ2) is 5.27. The average molecular weight is 250 g/mol. The lowest BCUT2D eigenvalue weighted by Gasteiger charge is -2.45. The first-order chi connectivity index (χ1) is 8.53. The van der Waals surface area contributed by atoms with Gasteiger partial charge in [-0.05, 0) is 48.9 Å². The maximum Gasteiger partial charge on any atom is 0.125 e. The molecule has 0 amide bonds. The van der Waals surface area contributed by atoms with Gasteiger partial charge >= 0.3 is 0 Å². The first-order valence-corrected chi connectivity index (χ1v) is 6.73. The minimum Gasteiger partial charge on any atom is -0.371 e. The lowest BCUT2D eigenvalue weighted by Crippen LogP contribution is -2.45. The van der Waals surface area contributed by atoms with E-state index in [2.05, 4.69) is 18.7 Å². The van der Waals surface area contributed by atoms with Crippen molar-refractivity contribution in [3.63, 3.8) is 0 Å². The Labute approximate surface area is 109 Å². The summed E-state index contributed by atoms with van der Waals surface area (Å²) in [6.45, 7) is 7.34. The molecule has 1 aromatic carbocycles. The fraction of sp³-hybridized carbons (Fsp3) is 0.600. The van der Waals surface area contributed by atoms with E-state index in [9.17, 15) is 4.39 Å². The van der Waals surface area contributed by atoms with Crippen LogP contribution < -0.4 is 10.6 Å². The van der Waals surface area contributed by atoms with Crippen molar-refractivity contribution in [3.8, 4) is 0 Å². The summed E-state index contributed by atoms with van der Waals surface area (Å²) < 4.78 is 13.3. The highest BCUT2D eigenvalue weighted by atomic mass is 19.1. The Hall–Kier alpha value is -1.09. The summed E-state index contributed by atoms with van der Waals surface area (Å²) in [5.74, 6) is 0.423. The van der Waals surface area contributed by atoms with Crippen molar-refractivity contribution in [2.45, 2.75) is 26.7 Å². The molecule has 2 rings (SSSR count). The number of nitrogens with zero attached hydrogens (tertiary/aromatic N) is 1. The third-order valence-corrected chi connectivity index (χ3v) is 4.26. The summed E-state index contributed by atoms with van der Waals surface area (Å²) in [6, 6.07) is 6.88. The second-order valence-electron chi connectivity index (χ2n) is 5.94. The number of hydrogen-bond donors (Lipinski definition) is 1. The predicted octanol–water partition coefficient (Wildman–Crippen LogP) is 3.03. The van der Waals surface area contributed by atoms with Gasteiger partial charge in [0.25, 0.3) is 0 Å². The van der Waals surface area contributed by atoms with E-state index < -0.39 is 0 Å². The molecule has 0 aromatic heterocycles. The van der Waals surface area contributed by atoms with Crippen molar-refractivity contribution >= 4 is 5.69 Å². The van der Waals surface area contributed by atoms with Gasteiger partial charge in [0.05, 0.1) is 0 Å². The monoisotopic (exact) mass is 250 g/mol. The fourth-order valence-electron chi connectivity index (χ4n) is 2.82. The molecular formula is C15H23FN2. The molecule has 2 N–H and O–H groups in total.